The Bertz CT molecular complexity index is 500. The molecule has 0 aliphatic rings. The van der Waals surface area contributed by atoms with Crippen molar-refractivity contribution in [1.29, 1.82) is 0 Å². The van der Waals surface area contributed by atoms with E-state index in [1.807, 2.05) is 11.8 Å². The molecule has 0 saturated heterocycles. The van der Waals surface area contributed by atoms with Crippen LogP contribution >= 0.6 is 23.4 Å². The van der Waals surface area contributed by atoms with Gasteiger partial charge in [0.1, 0.15) is 17.3 Å². The summed E-state index contributed by atoms with van der Waals surface area (Å²) in [5, 5.41) is 7.96. The lowest BCUT2D eigenvalue weighted by Crippen LogP contribution is -2.23. The van der Waals surface area contributed by atoms with Crippen LogP contribution in [0.5, 0.6) is 0 Å². The second-order valence-electron chi connectivity index (χ2n) is 3.64. The van der Waals surface area contributed by atoms with E-state index < -0.39 is 0 Å². The van der Waals surface area contributed by atoms with Crippen molar-refractivity contribution in [2.75, 3.05) is 17.3 Å². The van der Waals surface area contributed by atoms with Crippen molar-refractivity contribution in [3.63, 3.8) is 0 Å². The van der Waals surface area contributed by atoms with E-state index in [-0.39, 0.29) is 0 Å². The number of nitrogens with zero attached hydrogens (tertiary/aromatic N) is 4. The molecular weight excluding hydrogens is 258 g/mol. The zero-order valence-corrected chi connectivity index (χ0v) is 11.3. The Morgan fingerprint density at radius 1 is 1.59 bits per heavy atom. The van der Waals surface area contributed by atoms with Crippen LogP contribution in [0.2, 0.25) is 5.15 Å². The van der Waals surface area contributed by atoms with E-state index in [0.717, 1.165) is 18.0 Å². The molecule has 5 nitrogen and oxygen atoms in total. The summed E-state index contributed by atoms with van der Waals surface area (Å²) in [4.78, 5) is 8.12. The quantitative estimate of drug-likeness (QED) is 0.846. The first kappa shape index (κ1) is 12.4. The number of nitrogens with one attached hydrogen (secondary N) is 1. The first-order valence-corrected chi connectivity index (χ1v) is 7.13. The molecule has 2 aromatic rings. The molecule has 0 spiro atoms. The van der Waals surface area contributed by atoms with Crippen LogP contribution in [-0.2, 0) is 0 Å². The Labute approximate surface area is 109 Å². The summed E-state index contributed by atoms with van der Waals surface area (Å²) >= 11 is 7.76. The number of halogens is 1. The van der Waals surface area contributed by atoms with Gasteiger partial charge in [0.15, 0.2) is 0 Å². The van der Waals surface area contributed by atoms with E-state index in [1.165, 1.54) is 6.33 Å². The fourth-order valence-corrected chi connectivity index (χ4v) is 2.46. The third kappa shape index (κ3) is 2.81. The van der Waals surface area contributed by atoms with E-state index in [1.54, 1.807) is 10.6 Å². The van der Waals surface area contributed by atoms with Gasteiger partial charge < -0.3 is 5.32 Å². The van der Waals surface area contributed by atoms with Crippen LogP contribution < -0.4 is 5.32 Å². The highest BCUT2D eigenvalue weighted by Crippen LogP contribution is 2.17. The second-order valence-corrected chi connectivity index (χ2v) is 4.94. The van der Waals surface area contributed by atoms with Gasteiger partial charge in [0, 0.05) is 17.9 Å². The van der Waals surface area contributed by atoms with Gasteiger partial charge in [-0.3, -0.25) is 0 Å². The Morgan fingerprint density at radius 3 is 3.12 bits per heavy atom. The summed E-state index contributed by atoms with van der Waals surface area (Å²) in [5.41, 5.74) is 0. The second kappa shape index (κ2) is 5.55. The van der Waals surface area contributed by atoms with Gasteiger partial charge in [-0.2, -0.15) is 31.3 Å². The number of aromatic nitrogens is 4. The van der Waals surface area contributed by atoms with Crippen molar-refractivity contribution in [3.8, 4) is 0 Å². The molecule has 2 aromatic heterocycles. The first-order chi connectivity index (χ1) is 8.24. The Balaban J connectivity index is 2.30. The van der Waals surface area contributed by atoms with E-state index >= 15 is 0 Å². The SMILES string of the molecule is CCC(CSC)Nc1cc(Cl)nc2ncnn12. The molecule has 0 fully saturated rings. The molecule has 1 atom stereocenters. The summed E-state index contributed by atoms with van der Waals surface area (Å²) < 4.78 is 1.66. The third-order valence-corrected chi connectivity index (χ3v) is 3.36. The van der Waals surface area contributed by atoms with Crippen LogP contribution in [0.25, 0.3) is 5.78 Å². The fraction of sp³-hybridized carbons (Fsp3) is 0.500. The normalized spacial score (nSPS) is 12.9. The molecule has 1 unspecified atom stereocenters. The highest BCUT2D eigenvalue weighted by atomic mass is 35.5. The van der Waals surface area contributed by atoms with Crippen molar-refractivity contribution in [3.05, 3.63) is 17.5 Å². The highest BCUT2D eigenvalue weighted by Gasteiger charge is 2.10. The lowest BCUT2D eigenvalue weighted by molar-refractivity contribution is 0.758. The van der Waals surface area contributed by atoms with Gasteiger partial charge in [-0.15, -0.1) is 0 Å². The summed E-state index contributed by atoms with van der Waals surface area (Å²) in [6, 6.07) is 2.16. The Kier molecular flexibility index (Phi) is 4.06. The fourth-order valence-electron chi connectivity index (χ4n) is 1.56. The van der Waals surface area contributed by atoms with E-state index in [2.05, 4.69) is 33.6 Å². The summed E-state index contributed by atoms with van der Waals surface area (Å²) in [7, 11) is 0. The van der Waals surface area contributed by atoms with Crippen molar-refractivity contribution in [1.82, 2.24) is 19.6 Å². The van der Waals surface area contributed by atoms with Gasteiger partial charge in [-0.05, 0) is 12.7 Å². The summed E-state index contributed by atoms with van der Waals surface area (Å²) in [5.74, 6) is 2.38. The van der Waals surface area contributed by atoms with Crippen molar-refractivity contribution in [2.45, 2.75) is 19.4 Å². The molecule has 0 bridgehead atoms. The Morgan fingerprint density at radius 2 is 2.41 bits per heavy atom. The van der Waals surface area contributed by atoms with Gasteiger partial charge in [0.25, 0.3) is 5.78 Å². The van der Waals surface area contributed by atoms with Crippen LogP contribution in [0.4, 0.5) is 5.82 Å². The molecule has 0 aromatic carbocycles. The molecule has 2 heterocycles. The minimum Gasteiger partial charge on any atom is -0.366 e. The molecule has 1 N–H and O–H groups in total. The van der Waals surface area contributed by atoms with Crippen LogP contribution in [0, 0.1) is 0 Å². The standard InChI is InChI=1S/C10H14ClN5S/c1-3-7(5-17-2)14-9-4-8(11)15-10-12-6-13-16(9)10/h4,6-7,14H,3,5H2,1-2H3. The molecule has 0 aliphatic heterocycles. The van der Waals surface area contributed by atoms with Gasteiger partial charge in [0.2, 0.25) is 0 Å². The minimum atomic E-state index is 0.385. The maximum absolute atomic E-state index is 5.95. The largest absolute Gasteiger partial charge is 0.366 e. The molecule has 0 aliphatic carbocycles. The number of hydrogen-bond acceptors (Lipinski definition) is 5. The monoisotopic (exact) mass is 271 g/mol. The predicted octanol–water partition coefficient (Wildman–Crippen LogP) is 2.33. The maximum atomic E-state index is 5.95. The van der Waals surface area contributed by atoms with Gasteiger partial charge >= 0.3 is 0 Å². The number of thioether (sulfide) groups is 1. The van der Waals surface area contributed by atoms with E-state index in [4.69, 9.17) is 11.6 Å². The number of hydrogen-bond donors (Lipinski definition) is 1. The molecule has 7 heteroatoms. The average Bonchev–Trinajstić information content (AvgIpc) is 2.76. The molecule has 0 saturated carbocycles. The molecule has 0 amide bonds. The average molecular weight is 272 g/mol. The molecule has 2 rings (SSSR count). The van der Waals surface area contributed by atoms with Crippen LogP contribution in [0.3, 0.4) is 0 Å². The first-order valence-electron chi connectivity index (χ1n) is 5.36. The maximum Gasteiger partial charge on any atom is 0.255 e. The minimum absolute atomic E-state index is 0.385. The molecule has 17 heavy (non-hydrogen) atoms. The zero-order valence-electron chi connectivity index (χ0n) is 9.72. The highest BCUT2D eigenvalue weighted by molar-refractivity contribution is 7.98. The van der Waals surface area contributed by atoms with Crippen molar-refractivity contribution in [2.24, 2.45) is 0 Å². The van der Waals surface area contributed by atoms with Gasteiger partial charge in [-0.1, -0.05) is 18.5 Å². The Hall–Kier alpha value is -1.01. The zero-order chi connectivity index (χ0) is 12.3. The van der Waals surface area contributed by atoms with Gasteiger partial charge in [0.05, 0.1) is 0 Å². The van der Waals surface area contributed by atoms with Crippen LogP contribution in [0.1, 0.15) is 13.3 Å². The molecule has 92 valence electrons. The number of rotatable bonds is 5. The van der Waals surface area contributed by atoms with Crippen molar-refractivity contribution < 1.29 is 0 Å². The topological polar surface area (TPSA) is 55.1 Å². The predicted molar refractivity (Wildman–Crippen MR) is 71.9 cm³/mol. The summed E-state index contributed by atoms with van der Waals surface area (Å²) in [6.45, 7) is 2.15. The van der Waals surface area contributed by atoms with E-state index in [9.17, 15) is 0 Å². The summed E-state index contributed by atoms with van der Waals surface area (Å²) in [6.07, 6.45) is 4.60. The van der Waals surface area contributed by atoms with Crippen LogP contribution in [0.15, 0.2) is 12.4 Å². The molecular formula is C10H14ClN5S. The van der Waals surface area contributed by atoms with Crippen LogP contribution in [-0.4, -0.2) is 37.6 Å². The van der Waals surface area contributed by atoms with E-state index in [0.29, 0.717) is 17.0 Å². The smallest absolute Gasteiger partial charge is 0.255 e. The lowest BCUT2D eigenvalue weighted by Gasteiger charge is -2.17. The lowest BCUT2D eigenvalue weighted by atomic mass is 10.2. The third-order valence-electron chi connectivity index (χ3n) is 2.43. The molecule has 0 radical (unpaired) electrons. The number of fused-ring (bicyclic) bond motifs is 1. The number of anilines is 1. The van der Waals surface area contributed by atoms with Gasteiger partial charge in [-0.25, -0.2) is 0 Å². The van der Waals surface area contributed by atoms with Crippen molar-refractivity contribution >= 4 is 35.0 Å².